The zero-order chi connectivity index (χ0) is 14.4. The topological polar surface area (TPSA) is 99.4 Å². The van der Waals surface area contributed by atoms with Crippen molar-refractivity contribution < 1.29 is 18.8 Å². The monoisotopic (exact) mass is 298 g/mol. The maximum atomic E-state index is 11.7. The molecule has 1 amide bonds. The lowest BCUT2D eigenvalue weighted by molar-refractivity contribution is -0.116. The molecular formula is C11H14N4O4S. The first-order valence-electron chi connectivity index (χ1n) is 5.82. The third-order valence-electron chi connectivity index (χ3n) is 2.33. The van der Waals surface area contributed by atoms with E-state index >= 15 is 0 Å². The second kappa shape index (κ2) is 6.96. The van der Waals surface area contributed by atoms with Gasteiger partial charge in [-0.05, 0) is 5.16 Å². The third-order valence-corrected chi connectivity index (χ3v) is 3.14. The number of carbonyl (C=O) groups excluding carboxylic acids is 1. The molecule has 0 fully saturated rings. The van der Waals surface area contributed by atoms with Crippen molar-refractivity contribution in [3.8, 4) is 5.88 Å². The van der Waals surface area contributed by atoms with Gasteiger partial charge in [-0.1, -0.05) is 11.3 Å². The number of hydrogen-bond acceptors (Lipinski definition) is 8. The molecule has 20 heavy (non-hydrogen) atoms. The van der Waals surface area contributed by atoms with Gasteiger partial charge in [-0.3, -0.25) is 4.79 Å². The Hall–Kier alpha value is -2.00. The number of methoxy groups -OCH3 is 2. The molecule has 0 spiro atoms. The van der Waals surface area contributed by atoms with Crippen LogP contribution in [0.1, 0.15) is 17.2 Å². The highest BCUT2D eigenvalue weighted by Gasteiger charge is 2.10. The van der Waals surface area contributed by atoms with Crippen LogP contribution in [0.4, 0.5) is 5.13 Å². The van der Waals surface area contributed by atoms with Gasteiger partial charge in [0.15, 0.2) is 0 Å². The van der Waals surface area contributed by atoms with Gasteiger partial charge in [0.1, 0.15) is 17.4 Å². The minimum Gasteiger partial charge on any atom is -0.479 e. The number of aromatic nitrogens is 3. The van der Waals surface area contributed by atoms with Crippen molar-refractivity contribution in [2.45, 2.75) is 19.4 Å². The zero-order valence-corrected chi connectivity index (χ0v) is 11.9. The molecule has 0 aliphatic heterocycles. The highest BCUT2D eigenvalue weighted by Crippen LogP contribution is 2.17. The van der Waals surface area contributed by atoms with Gasteiger partial charge in [-0.25, -0.2) is 0 Å². The second-order valence-electron chi connectivity index (χ2n) is 3.82. The van der Waals surface area contributed by atoms with E-state index in [1.165, 1.54) is 18.4 Å². The molecule has 0 unspecified atom stereocenters. The Bertz CT molecular complexity index is 568. The van der Waals surface area contributed by atoms with Crippen LogP contribution in [0.2, 0.25) is 0 Å². The van der Waals surface area contributed by atoms with Crippen LogP contribution in [-0.2, 0) is 22.6 Å². The quantitative estimate of drug-likeness (QED) is 0.821. The average molecular weight is 298 g/mol. The highest BCUT2D eigenvalue weighted by molar-refractivity contribution is 7.15. The van der Waals surface area contributed by atoms with Gasteiger partial charge in [-0.15, -0.1) is 10.2 Å². The molecule has 0 aromatic carbocycles. The standard InChI is InChI=1S/C11H14N4O4S/c1-17-6-10-13-14-11(20-10)12-8(16)4-3-7-5-9(18-2)15-19-7/h5H,3-4,6H2,1-2H3,(H,12,14,16). The number of ether oxygens (including phenoxy) is 2. The predicted octanol–water partition coefficient (Wildman–Crippen LogP) is 1.25. The van der Waals surface area contributed by atoms with E-state index in [1.807, 2.05) is 0 Å². The van der Waals surface area contributed by atoms with E-state index in [0.717, 1.165) is 0 Å². The lowest BCUT2D eigenvalue weighted by atomic mass is 10.2. The fourth-order valence-corrected chi connectivity index (χ4v) is 2.14. The Morgan fingerprint density at radius 3 is 3.00 bits per heavy atom. The van der Waals surface area contributed by atoms with Crippen molar-refractivity contribution in [1.29, 1.82) is 0 Å². The van der Waals surface area contributed by atoms with Gasteiger partial charge in [-0.2, -0.15) is 0 Å². The number of hydrogen-bond donors (Lipinski definition) is 1. The smallest absolute Gasteiger partial charge is 0.254 e. The van der Waals surface area contributed by atoms with Crippen LogP contribution in [0.25, 0.3) is 0 Å². The third kappa shape index (κ3) is 4.00. The Labute approximate surface area is 119 Å². The van der Waals surface area contributed by atoms with Crippen molar-refractivity contribution in [1.82, 2.24) is 15.4 Å². The molecule has 8 nitrogen and oxygen atoms in total. The number of nitrogens with one attached hydrogen (secondary N) is 1. The number of anilines is 1. The summed E-state index contributed by atoms with van der Waals surface area (Å²) in [4.78, 5) is 11.7. The van der Waals surface area contributed by atoms with Crippen molar-refractivity contribution in [2.75, 3.05) is 19.5 Å². The average Bonchev–Trinajstić information content (AvgIpc) is 3.06. The van der Waals surface area contributed by atoms with E-state index in [9.17, 15) is 4.79 Å². The summed E-state index contributed by atoms with van der Waals surface area (Å²) in [5, 5.41) is 15.2. The summed E-state index contributed by atoms with van der Waals surface area (Å²) in [6.45, 7) is 0.380. The van der Waals surface area contributed by atoms with Crippen LogP contribution in [0.5, 0.6) is 5.88 Å². The number of amides is 1. The first kappa shape index (κ1) is 14.4. The van der Waals surface area contributed by atoms with Gasteiger partial charge in [0.2, 0.25) is 11.0 Å². The van der Waals surface area contributed by atoms with Gasteiger partial charge in [0.25, 0.3) is 5.88 Å². The van der Waals surface area contributed by atoms with Gasteiger partial charge >= 0.3 is 0 Å². The fourth-order valence-electron chi connectivity index (χ4n) is 1.41. The molecule has 0 saturated heterocycles. The van der Waals surface area contributed by atoms with Gasteiger partial charge in [0.05, 0.1) is 7.11 Å². The Balaban J connectivity index is 1.79. The molecule has 2 aromatic heterocycles. The number of aryl methyl sites for hydroxylation is 1. The minimum atomic E-state index is -0.166. The number of nitrogens with zero attached hydrogens (tertiary/aromatic N) is 3. The number of carbonyl (C=O) groups is 1. The lowest BCUT2D eigenvalue weighted by Gasteiger charge is -1.98. The summed E-state index contributed by atoms with van der Waals surface area (Å²) >= 11 is 1.28. The molecule has 0 aliphatic carbocycles. The van der Waals surface area contributed by atoms with E-state index in [4.69, 9.17) is 14.0 Å². The Morgan fingerprint density at radius 1 is 1.45 bits per heavy atom. The zero-order valence-electron chi connectivity index (χ0n) is 11.1. The van der Waals surface area contributed by atoms with E-state index in [2.05, 4.69) is 20.7 Å². The molecule has 0 atom stereocenters. The van der Waals surface area contributed by atoms with Crippen molar-refractivity contribution in [3.05, 3.63) is 16.8 Å². The predicted molar refractivity (Wildman–Crippen MR) is 70.6 cm³/mol. The normalized spacial score (nSPS) is 10.5. The summed E-state index contributed by atoms with van der Waals surface area (Å²) in [6, 6.07) is 1.65. The first-order chi connectivity index (χ1) is 9.71. The van der Waals surface area contributed by atoms with Crippen molar-refractivity contribution in [2.24, 2.45) is 0 Å². The fraction of sp³-hybridized carbons (Fsp3) is 0.455. The van der Waals surface area contributed by atoms with Gasteiger partial charge in [0, 0.05) is 26.0 Å². The summed E-state index contributed by atoms with van der Waals surface area (Å²) < 4.78 is 14.8. The van der Waals surface area contributed by atoms with Crippen LogP contribution in [-0.4, -0.2) is 35.5 Å². The maximum Gasteiger partial charge on any atom is 0.254 e. The van der Waals surface area contributed by atoms with Gasteiger partial charge < -0.3 is 19.3 Å². The van der Waals surface area contributed by atoms with Crippen molar-refractivity contribution >= 4 is 22.4 Å². The van der Waals surface area contributed by atoms with Crippen molar-refractivity contribution in [3.63, 3.8) is 0 Å². The summed E-state index contributed by atoms with van der Waals surface area (Å²) in [6.07, 6.45) is 0.698. The molecule has 2 heterocycles. The van der Waals surface area contributed by atoms with E-state index in [0.29, 0.717) is 34.8 Å². The Morgan fingerprint density at radius 2 is 2.30 bits per heavy atom. The molecule has 0 aliphatic rings. The first-order valence-corrected chi connectivity index (χ1v) is 6.63. The van der Waals surface area contributed by atoms with Crippen LogP contribution < -0.4 is 10.1 Å². The lowest BCUT2D eigenvalue weighted by Crippen LogP contribution is -2.11. The molecule has 2 aromatic rings. The molecule has 9 heteroatoms. The molecule has 0 saturated carbocycles. The minimum absolute atomic E-state index is 0.166. The van der Waals surface area contributed by atoms with E-state index < -0.39 is 0 Å². The molecular weight excluding hydrogens is 284 g/mol. The van der Waals surface area contributed by atoms with E-state index in [1.54, 1.807) is 13.2 Å². The summed E-state index contributed by atoms with van der Waals surface area (Å²) in [5.74, 6) is 0.823. The largest absolute Gasteiger partial charge is 0.479 e. The summed E-state index contributed by atoms with van der Waals surface area (Å²) in [5.41, 5.74) is 0. The SMILES string of the molecule is COCc1nnc(NC(=O)CCc2cc(OC)no2)s1. The molecule has 0 bridgehead atoms. The molecule has 2 rings (SSSR count). The Kier molecular flexibility index (Phi) is 5.02. The van der Waals surface area contributed by atoms with Crippen LogP contribution in [0.15, 0.2) is 10.6 Å². The van der Waals surface area contributed by atoms with E-state index in [-0.39, 0.29) is 12.3 Å². The molecule has 108 valence electrons. The summed E-state index contributed by atoms with van der Waals surface area (Å²) in [7, 11) is 3.08. The highest BCUT2D eigenvalue weighted by atomic mass is 32.1. The molecule has 0 radical (unpaired) electrons. The molecule has 1 N–H and O–H groups in total. The van der Waals surface area contributed by atoms with Crippen LogP contribution in [0.3, 0.4) is 0 Å². The maximum absolute atomic E-state index is 11.7. The van der Waals surface area contributed by atoms with Crippen LogP contribution >= 0.6 is 11.3 Å². The number of rotatable bonds is 7. The van der Waals surface area contributed by atoms with Crippen LogP contribution in [0, 0.1) is 0 Å². The second-order valence-corrected chi connectivity index (χ2v) is 4.88.